The van der Waals surface area contributed by atoms with Crippen LogP contribution in [0.25, 0.3) is 11.0 Å². The summed E-state index contributed by atoms with van der Waals surface area (Å²) in [5, 5.41) is 37.5. The van der Waals surface area contributed by atoms with Crippen molar-refractivity contribution in [2.24, 2.45) is 7.05 Å². The smallest absolute Gasteiger partial charge is 0.475 e. The van der Waals surface area contributed by atoms with Crippen LogP contribution in [0.3, 0.4) is 0 Å². The largest absolute Gasteiger partial charge is 0.490 e. The van der Waals surface area contributed by atoms with E-state index in [4.69, 9.17) is 39.6 Å². The van der Waals surface area contributed by atoms with Crippen LogP contribution in [0.5, 0.6) is 0 Å². The summed E-state index contributed by atoms with van der Waals surface area (Å²) in [5.41, 5.74) is 2.17. The van der Waals surface area contributed by atoms with Gasteiger partial charge in [0.1, 0.15) is 0 Å². The van der Waals surface area contributed by atoms with Gasteiger partial charge in [-0.1, -0.05) is 0 Å². The average molecular weight is 644 g/mol. The van der Waals surface area contributed by atoms with Crippen LogP contribution in [0.2, 0.25) is 0 Å². The van der Waals surface area contributed by atoms with E-state index >= 15 is 0 Å². The van der Waals surface area contributed by atoms with Gasteiger partial charge in [0.05, 0.1) is 5.69 Å². The summed E-state index contributed by atoms with van der Waals surface area (Å²) >= 11 is 0. The van der Waals surface area contributed by atoms with Gasteiger partial charge in [0.15, 0.2) is 5.65 Å². The zero-order chi connectivity index (χ0) is 33.9. The van der Waals surface area contributed by atoms with Gasteiger partial charge in [-0.3, -0.25) is 4.68 Å². The van der Waals surface area contributed by atoms with E-state index in [-0.39, 0.29) is 0 Å². The molecule has 0 unspecified atom stereocenters. The van der Waals surface area contributed by atoms with Crippen LogP contribution in [0.15, 0.2) is 18.3 Å². The van der Waals surface area contributed by atoms with Crippen molar-refractivity contribution in [3.63, 3.8) is 0 Å². The molecule has 1 fully saturated rings. The van der Waals surface area contributed by atoms with Crippen LogP contribution in [0, 0.1) is 0 Å². The minimum absolute atomic E-state index is 0.572. The molecule has 3 heterocycles. The van der Waals surface area contributed by atoms with Crippen LogP contribution in [0.4, 0.5) is 52.7 Å². The molecule has 42 heavy (non-hydrogen) atoms. The minimum Gasteiger partial charge on any atom is -0.475 e. The van der Waals surface area contributed by atoms with E-state index in [1.165, 1.54) is 11.1 Å². The molecule has 0 aromatic carbocycles. The Morgan fingerprint density at radius 1 is 0.738 bits per heavy atom. The first kappa shape index (κ1) is 39.8. The van der Waals surface area contributed by atoms with Crippen molar-refractivity contribution >= 4 is 34.9 Å². The van der Waals surface area contributed by atoms with Gasteiger partial charge in [-0.25, -0.2) is 24.2 Å². The molecule has 0 aliphatic carbocycles. The summed E-state index contributed by atoms with van der Waals surface area (Å²) in [6.45, 7) is 2.09. The lowest BCUT2D eigenvalue weighted by atomic mass is 9.97. The first-order chi connectivity index (χ1) is 18.6. The lowest BCUT2D eigenvalue weighted by Crippen LogP contribution is -2.40. The Balaban J connectivity index is 0. The summed E-state index contributed by atoms with van der Waals surface area (Å²) < 4.78 is 129. The fourth-order valence-corrected chi connectivity index (χ4v) is 1.90. The highest BCUT2D eigenvalue weighted by molar-refractivity contribution is 5.79. The molecule has 1 aliphatic heterocycles. The number of alkyl halides is 12. The third-order valence-electron chi connectivity index (χ3n) is 3.77. The summed E-state index contributed by atoms with van der Waals surface area (Å²) in [5.74, 6) is -10.5. The number of carboxylic acids is 4. The summed E-state index contributed by atoms with van der Waals surface area (Å²) in [4.78, 5) is 39.9. The maximum absolute atomic E-state index is 10.6. The number of hydrogen-bond acceptors (Lipinski definition) is 7. The van der Waals surface area contributed by atoms with Crippen molar-refractivity contribution in [1.82, 2.24) is 20.1 Å². The predicted molar refractivity (Wildman–Crippen MR) is 109 cm³/mol. The molecule has 0 radical (unpaired) electrons. The maximum Gasteiger partial charge on any atom is 0.490 e. The Kier molecular flexibility index (Phi) is 14.7. The molecule has 12 nitrogen and oxygen atoms in total. The average Bonchev–Trinajstić information content (AvgIpc) is 3.08. The molecule has 24 heteroatoms. The molecular formula is C18H16F12N4O8. The molecule has 5 N–H and O–H groups in total. The molecule has 0 bridgehead atoms. The normalized spacial score (nSPS) is 13.3. The Hall–Kier alpha value is -4.38. The van der Waals surface area contributed by atoms with E-state index in [0.29, 0.717) is 5.92 Å². The van der Waals surface area contributed by atoms with Crippen LogP contribution in [-0.4, -0.2) is 96.9 Å². The summed E-state index contributed by atoms with van der Waals surface area (Å²) in [6.07, 6.45) is -18.5. The zero-order valence-corrected chi connectivity index (χ0v) is 20.0. The van der Waals surface area contributed by atoms with Crippen LogP contribution < -0.4 is 5.32 Å². The quantitative estimate of drug-likeness (QED) is 0.287. The summed E-state index contributed by atoms with van der Waals surface area (Å²) in [7, 11) is 1.95. The number of carboxylic acid groups (broad SMARTS) is 4. The Labute approximate surface area is 223 Å². The monoisotopic (exact) mass is 644 g/mol. The molecule has 1 saturated heterocycles. The standard InChI is InChI=1S/C10H12N4.4C2HF3O2/c1-14-10-8(3-2-4-12-10)9(13-14)7-5-11-6-7;4*3-2(4,5)1(6)7/h2-4,7,11H,5-6H2,1H3;4*(H,6,7). The minimum atomic E-state index is -5.08. The fourth-order valence-electron chi connectivity index (χ4n) is 1.90. The number of hydrogen-bond donors (Lipinski definition) is 5. The van der Waals surface area contributed by atoms with E-state index in [1.54, 1.807) is 0 Å². The third-order valence-corrected chi connectivity index (χ3v) is 3.77. The molecule has 3 rings (SSSR count). The van der Waals surface area contributed by atoms with Gasteiger partial charge in [-0.15, -0.1) is 0 Å². The van der Waals surface area contributed by atoms with Gasteiger partial charge in [0.25, 0.3) is 0 Å². The summed E-state index contributed by atoms with van der Waals surface area (Å²) in [6, 6.07) is 4.07. The number of nitrogens with one attached hydrogen (secondary N) is 1. The second kappa shape index (κ2) is 15.6. The van der Waals surface area contributed by atoms with E-state index in [0.717, 1.165) is 18.7 Å². The second-order valence-electron chi connectivity index (χ2n) is 6.95. The molecule has 2 aromatic heterocycles. The van der Waals surface area contributed by atoms with Crippen molar-refractivity contribution in [1.29, 1.82) is 0 Å². The highest BCUT2D eigenvalue weighted by Crippen LogP contribution is 2.25. The molecule has 1 aliphatic rings. The highest BCUT2D eigenvalue weighted by Gasteiger charge is 2.40. The molecular weight excluding hydrogens is 628 g/mol. The molecule has 240 valence electrons. The van der Waals surface area contributed by atoms with Gasteiger partial charge < -0.3 is 25.7 Å². The lowest BCUT2D eigenvalue weighted by Gasteiger charge is -2.25. The Morgan fingerprint density at radius 3 is 1.29 bits per heavy atom. The number of nitrogens with zero attached hydrogens (tertiary/aromatic N) is 3. The first-order valence-electron chi connectivity index (χ1n) is 9.82. The molecule has 2 aromatic rings. The number of aryl methyl sites for hydroxylation is 1. The topological polar surface area (TPSA) is 192 Å². The van der Waals surface area contributed by atoms with Crippen molar-refractivity contribution < 1.29 is 92.3 Å². The van der Waals surface area contributed by atoms with Gasteiger partial charge in [0, 0.05) is 37.6 Å². The Morgan fingerprint density at radius 2 is 1.05 bits per heavy atom. The fraction of sp³-hybridized carbons (Fsp3) is 0.444. The molecule has 0 atom stereocenters. The molecule has 0 amide bonds. The predicted octanol–water partition coefficient (Wildman–Crippen LogP) is 3.19. The van der Waals surface area contributed by atoms with Crippen LogP contribution in [-0.2, 0) is 26.2 Å². The number of fused-ring (bicyclic) bond motifs is 1. The lowest BCUT2D eigenvalue weighted by molar-refractivity contribution is -0.193. The van der Waals surface area contributed by atoms with Crippen molar-refractivity contribution in [3.8, 4) is 0 Å². The number of aromatic nitrogens is 3. The van der Waals surface area contributed by atoms with Crippen LogP contribution in [0.1, 0.15) is 11.6 Å². The molecule has 0 saturated carbocycles. The number of carbonyl (C=O) groups is 4. The van der Waals surface area contributed by atoms with Crippen LogP contribution >= 0.6 is 0 Å². The first-order valence-corrected chi connectivity index (χ1v) is 9.82. The third kappa shape index (κ3) is 15.4. The maximum atomic E-state index is 10.6. The zero-order valence-electron chi connectivity index (χ0n) is 20.0. The van der Waals surface area contributed by atoms with Crippen molar-refractivity contribution in [3.05, 3.63) is 24.0 Å². The Bertz CT molecular complexity index is 1110. The van der Waals surface area contributed by atoms with Gasteiger partial charge in [-0.05, 0) is 12.1 Å². The van der Waals surface area contributed by atoms with E-state index < -0.39 is 48.6 Å². The number of pyridine rings is 1. The van der Waals surface area contributed by atoms with E-state index in [9.17, 15) is 52.7 Å². The van der Waals surface area contributed by atoms with E-state index in [1.807, 2.05) is 24.0 Å². The highest BCUT2D eigenvalue weighted by atomic mass is 19.4. The van der Waals surface area contributed by atoms with Crippen molar-refractivity contribution in [2.75, 3.05) is 13.1 Å². The molecule has 0 spiro atoms. The SMILES string of the molecule is Cn1nc(C2CNC2)c2cccnc21.O=C(O)C(F)(F)F.O=C(O)C(F)(F)F.O=C(O)C(F)(F)F.O=C(O)C(F)(F)F. The van der Waals surface area contributed by atoms with E-state index in [2.05, 4.69) is 21.5 Å². The van der Waals surface area contributed by atoms with Gasteiger partial charge >= 0.3 is 48.6 Å². The number of rotatable bonds is 1. The van der Waals surface area contributed by atoms with Gasteiger partial charge in [-0.2, -0.15) is 57.8 Å². The van der Waals surface area contributed by atoms with Crippen molar-refractivity contribution in [2.45, 2.75) is 30.6 Å². The second-order valence-corrected chi connectivity index (χ2v) is 6.95. The van der Waals surface area contributed by atoms with Gasteiger partial charge in [0.2, 0.25) is 0 Å². The number of aliphatic carboxylic acids is 4. The number of halogens is 12.